The van der Waals surface area contributed by atoms with Crippen molar-refractivity contribution in [1.82, 2.24) is 52.5 Å². The van der Waals surface area contributed by atoms with E-state index in [0.29, 0.717) is 145 Å². The van der Waals surface area contributed by atoms with Gasteiger partial charge in [0.05, 0.1) is 73.6 Å². The van der Waals surface area contributed by atoms with Crippen molar-refractivity contribution in [1.29, 1.82) is 0 Å². The first kappa shape index (κ1) is 72.7. The molecule has 0 spiro atoms. The molecule has 22 unspecified atom stereocenters. The Morgan fingerprint density at radius 1 is 0.370 bits per heavy atom. The third-order valence-corrected chi connectivity index (χ3v) is 29.8. The quantitative estimate of drug-likeness (QED) is 0.126. The number of allylic oxidation sites excluding steroid dienone is 2. The Bertz CT molecular complexity index is 2950. The highest BCUT2D eigenvalue weighted by Crippen LogP contribution is 2.49. The van der Waals surface area contributed by atoms with Gasteiger partial charge in [0.1, 0.15) is 0 Å². The van der Waals surface area contributed by atoms with E-state index in [1.807, 2.05) is 0 Å². The molecule has 0 aromatic carbocycles. The van der Waals surface area contributed by atoms with E-state index in [-0.39, 0.29) is 12.2 Å². The maximum Gasteiger partial charge on any atom is 0.0891 e. The number of hydrogen-bond acceptors (Lipinski definition) is 14. The number of rotatable bonds is 0. The SMILES string of the molecule is CC1CC2CC(C)C1C1=CCNC(=C1)C1CCCC(N1)C1CC(CCN1)C1C(C)CC(CC1C)OCc1cccc(n1)-c1cccc(n1)COC1CC(C)C(C(C)C1)C1CCNC(C1)C1CCCC(N1)C1CC(CCN1)C1C(C)CC(CC1C)OCC1CCCC(N1)C1CCCC(CO2)N1. The maximum absolute atomic E-state index is 7.04. The van der Waals surface area contributed by atoms with E-state index in [0.717, 1.165) is 136 Å². The molecule has 22 atom stereocenters. The minimum atomic E-state index is 0.251. The lowest BCUT2D eigenvalue weighted by atomic mass is 9.63. The monoisotopic (exact) mass is 1380 g/mol. The zero-order valence-corrected chi connectivity index (χ0v) is 63.5. The van der Waals surface area contributed by atoms with Gasteiger partial charge in [0.2, 0.25) is 0 Å². The molecular weight excluding hydrogens is 1240 g/mol. The fourth-order valence-electron chi connectivity index (χ4n) is 25.6. The van der Waals surface area contributed by atoms with Crippen LogP contribution in [-0.2, 0) is 32.2 Å². The molecule has 20 heterocycles. The normalized spacial score (nSPS) is 46.0. The Labute approximate surface area is 605 Å². The molecule has 100 heavy (non-hydrogen) atoms. The van der Waals surface area contributed by atoms with Gasteiger partial charge in [-0.2, -0.15) is 0 Å². The van der Waals surface area contributed by atoms with Crippen molar-refractivity contribution >= 4 is 0 Å². The molecule has 556 valence electrons. The summed E-state index contributed by atoms with van der Waals surface area (Å²) in [6.07, 6.45) is 38.7. The molecule has 11 fully saturated rings. The number of aromatic nitrogens is 2. The van der Waals surface area contributed by atoms with Gasteiger partial charge in [0.25, 0.3) is 0 Å². The zero-order chi connectivity index (χ0) is 68.4. The molecule has 24 rings (SSSR count). The van der Waals surface area contributed by atoms with Gasteiger partial charge in [0.15, 0.2) is 0 Å². The fraction of sp³-hybridized carbons (Fsp3) is 0.837. The standard InChI is InChI=1S/C86H138N10O4/c1-51-35-67-36-52(2)83(51)59-27-31-87-79(43-59)75-23-13-24-76(95-75)80-44-60(28-32-88-80)84-53(3)37-69(38-54(84)4)99-49-65-17-11-21-73(93-65)74-22-12-18-66(94-74)50-100-70-41-57(7)86(58(8)42-70)62-30-34-90-82(46-62)78-26-14-25-77(96-78)81-45-61(29-33-89-81)85-55(5)39-68(40-56(85)6)98-48-64-16-10-20-72(92-64)71-19-9-15-63(91-71)47-97-67/h9-10,15-16,19-20,28,44,51-59,61-62,65-70,73-79,81-90,93-96H,11-14,17-18,21-27,29-43,45-50H2,1-8H3. The number of pyridine rings is 2. The van der Waals surface area contributed by atoms with Gasteiger partial charge in [-0.15, -0.1) is 0 Å². The molecule has 14 heteroatoms. The molecule has 7 saturated heterocycles. The molecular formula is C86H138N10O4. The molecule has 4 aliphatic carbocycles. The Morgan fingerprint density at radius 3 is 1.19 bits per heavy atom. The Kier molecular flexibility index (Phi) is 24.4. The molecule has 22 aliphatic rings. The van der Waals surface area contributed by atoms with Crippen LogP contribution in [0.2, 0.25) is 0 Å². The highest BCUT2D eigenvalue weighted by Gasteiger charge is 2.47. The minimum absolute atomic E-state index is 0.251. The van der Waals surface area contributed by atoms with Crippen molar-refractivity contribution in [3.05, 3.63) is 71.2 Å². The number of nitrogens with one attached hydrogen (secondary N) is 8. The molecule has 4 saturated carbocycles. The molecule has 18 aliphatic heterocycles. The van der Waals surface area contributed by atoms with Crippen LogP contribution >= 0.6 is 0 Å². The summed E-state index contributed by atoms with van der Waals surface area (Å²) in [5, 5.41) is 33.3. The number of dihydropyridines is 1. The van der Waals surface area contributed by atoms with Gasteiger partial charge in [0, 0.05) is 78.7 Å². The average Bonchev–Trinajstić information content (AvgIpc) is 0.805. The van der Waals surface area contributed by atoms with Crippen molar-refractivity contribution in [2.24, 2.45) is 88.8 Å². The third kappa shape index (κ3) is 17.2. The van der Waals surface area contributed by atoms with Gasteiger partial charge >= 0.3 is 0 Å². The van der Waals surface area contributed by atoms with E-state index in [2.05, 4.69) is 146 Å². The molecule has 0 radical (unpaired) electrons. The van der Waals surface area contributed by atoms with E-state index < -0.39 is 0 Å². The summed E-state index contributed by atoms with van der Waals surface area (Å²) >= 11 is 0. The lowest BCUT2D eigenvalue weighted by molar-refractivity contribution is -0.0508. The van der Waals surface area contributed by atoms with Gasteiger partial charge in [-0.25, -0.2) is 9.97 Å². The second-order valence-electron chi connectivity index (χ2n) is 36.9. The highest BCUT2D eigenvalue weighted by atomic mass is 16.5. The summed E-state index contributed by atoms with van der Waals surface area (Å²) in [4.78, 5) is 10.4. The first-order valence-corrected chi connectivity index (χ1v) is 42.5. The van der Waals surface area contributed by atoms with Crippen molar-refractivity contribution in [3.8, 4) is 11.4 Å². The number of hydrogen-bond donors (Lipinski definition) is 8. The van der Waals surface area contributed by atoms with E-state index in [4.69, 9.17) is 28.9 Å². The minimum Gasteiger partial charge on any atom is -0.384 e. The zero-order valence-electron chi connectivity index (χ0n) is 63.5. The van der Waals surface area contributed by atoms with Crippen LogP contribution in [0.25, 0.3) is 11.4 Å². The highest BCUT2D eigenvalue weighted by molar-refractivity contribution is 5.54. The predicted molar refractivity (Wildman–Crippen MR) is 404 cm³/mol. The first-order valence-electron chi connectivity index (χ1n) is 42.5. The third-order valence-electron chi connectivity index (χ3n) is 29.8. The van der Waals surface area contributed by atoms with Gasteiger partial charge in [-0.05, 0) is 292 Å². The van der Waals surface area contributed by atoms with Crippen molar-refractivity contribution < 1.29 is 18.9 Å². The molecule has 8 N–H and O–H groups in total. The van der Waals surface area contributed by atoms with Crippen LogP contribution in [0.3, 0.4) is 0 Å². The van der Waals surface area contributed by atoms with E-state index in [1.165, 1.54) is 134 Å². The second-order valence-corrected chi connectivity index (χ2v) is 36.9. The lowest BCUT2D eigenvalue weighted by Crippen LogP contribution is -2.62. The van der Waals surface area contributed by atoms with Crippen molar-refractivity contribution in [3.63, 3.8) is 0 Å². The predicted octanol–water partition coefficient (Wildman–Crippen LogP) is 14.0. The van der Waals surface area contributed by atoms with Crippen molar-refractivity contribution in [2.45, 2.75) is 326 Å². The summed E-state index contributed by atoms with van der Waals surface area (Å²) in [6, 6.07) is 18.3. The summed E-state index contributed by atoms with van der Waals surface area (Å²) in [5.41, 5.74) is 6.80. The van der Waals surface area contributed by atoms with Gasteiger partial charge in [-0.1, -0.05) is 92.9 Å². The maximum atomic E-state index is 7.04. The summed E-state index contributed by atoms with van der Waals surface area (Å²) in [6.45, 7) is 27.6. The average molecular weight is 1380 g/mol. The Morgan fingerprint density at radius 2 is 0.750 bits per heavy atom. The summed E-state index contributed by atoms with van der Waals surface area (Å²) < 4.78 is 27.8. The van der Waals surface area contributed by atoms with Gasteiger partial charge in [-0.3, -0.25) is 0 Å². The number of piperidine rings is 7. The van der Waals surface area contributed by atoms with Crippen LogP contribution < -0.4 is 42.5 Å². The van der Waals surface area contributed by atoms with Crippen LogP contribution in [0.4, 0.5) is 0 Å². The lowest BCUT2D eigenvalue weighted by Gasteiger charge is -2.49. The number of ether oxygens (including phenoxy) is 4. The molecule has 2 aromatic heterocycles. The van der Waals surface area contributed by atoms with Crippen LogP contribution in [-0.4, -0.2) is 140 Å². The smallest absolute Gasteiger partial charge is 0.0891 e. The van der Waals surface area contributed by atoms with E-state index in [9.17, 15) is 0 Å². The van der Waals surface area contributed by atoms with Crippen LogP contribution in [0.15, 0.2) is 59.8 Å². The summed E-state index contributed by atoms with van der Waals surface area (Å²) in [5.74, 6) is 10.2. The molecule has 2 aromatic rings. The topological polar surface area (TPSA) is 159 Å². The fourth-order valence-corrected chi connectivity index (χ4v) is 25.6. The molecule has 0 amide bonds. The van der Waals surface area contributed by atoms with E-state index in [1.54, 1.807) is 5.57 Å². The van der Waals surface area contributed by atoms with E-state index >= 15 is 0 Å². The Hall–Kier alpha value is -2.86. The van der Waals surface area contributed by atoms with Crippen LogP contribution in [0.1, 0.15) is 234 Å². The van der Waals surface area contributed by atoms with Crippen molar-refractivity contribution in [2.75, 3.05) is 39.4 Å². The van der Waals surface area contributed by atoms with Gasteiger partial charge < -0.3 is 61.5 Å². The van der Waals surface area contributed by atoms with Crippen LogP contribution in [0, 0.1) is 88.8 Å². The summed E-state index contributed by atoms with van der Waals surface area (Å²) in [7, 11) is 0. The molecule has 14 nitrogen and oxygen atoms in total. The number of nitrogens with zero attached hydrogens (tertiary/aromatic N) is 2. The Balaban J connectivity index is 0.595. The van der Waals surface area contributed by atoms with Crippen LogP contribution in [0.5, 0.6) is 0 Å². The largest absolute Gasteiger partial charge is 0.384 e. The molecule has 28 bridgehead atoms. The first-order chi connectivity index (χ1) is 48.7. The second kappa shape index (κ2) is 33.5.